The molecule has 1 aromatic heterocycles. The smallest absolute Gasteiger partial charge is 0.309 e. The quantitative estimate of drug-likeness (QED) is 0.421. The van der Waals surface area contributed by atoms with E-state index in [0.717, 1.165) is 12.8 Å². The van der Waals surface area contributed by atoms with E-state index < -0.39 is 10.0 Å². The Morgan fingerprint density at radius 2 is 2.00 bits per heavy atom. The second-order valence-corrected chi connectivity index (χ2v) is 9.55. The Kier molecular flexibility index (Phi) is 6.55. The van der Waals surface area contributed by atoms with Crippen molar-refractivity contribution >= 4 is 27.6 Å². The van der Waals surface area contributed by atoms with Gasteiger partial charge in [0.15, 0.2) is 0 Å². The number of ether oxygens (including phenoxy) is 1. The maximum atomic E-state index is 12.7. The predicted octanol–water partition coefficient (Wildman–Crippen LogP) is 3.28. The van der Waals surface area contributed by atoms with E-state index in [1.807, 2.05) is 0 Å². The van der Waals surface area contributed by atoms with Gasteiger partial charge in [0.2, 0.25) is 10.0 Å². The van der Waals surface area contributed by atoms with Crippen molar-refractivity contribution in [3.8, 4) is 0 Å². The molecule has 2 atom stereocenters. The number of carbonyl (C=O) groups is 1. The van der Waals surface area contributed by atoms with Gasteiger partial charge in [0, 0.05) is 19.3 Å². The zero-order valence-corrected chi connectivity index (χ0v) is 17.0. The van der Waals surface area contributed by atoms with Crippen LogP contribution in [-0.4, -0.2) is 43.4 Å². The third-order valence-corrected chi connectivity index (χ3v) is 7.83. The molecule has 0 aromatic carbocycles. The fourth-order valence-electron chi connectivity index (χ4n) is 3.58. The molecule has 148 valence electrons. The van der Waals surface area contributed by atoms with Gasteiger partial charge in [0.05, 0.1) is 12.5 Å². The number of nitrogens with zero attached hydrogens (tertiary/aromatic N) is 2. The molecule has 1 aliphatic heterocycles. The first kappa shape index (κ1) is 20.3. The van der Waals surface area contributed by atoms with E-state index in [1.54, 1.807) is 6.07 Å². The molecule has 0 radical (unpaired) electrons. The van der Waals surface area contributed by atoms with Gasteiger partial charge in [-0.3, -0.25) is 4.79 Å². The molecular formula is C19H25ClN2O4S. The van der Waals surface area contributed by atoms with E-state index in [1.165, 1.54) is 16.6 Å². The maximum Gasteiger partial charge on any atom is 0.309 e. The lowest BCUT2D eigenvalue weighted by molar-refractivity contribution is -0.151. The van der Waals surface area contributed by atoms with Crippen LogP contribution in [0.1, 0.15) is 32.6 Å². The fraction of sp³-hybridized carbons (Fsp3) is 0.579. The van der Waals surface area contributed by atoms with Gasteiger partial charge in [-0.2, -0.15) is 4.31 Å². The van der Waals surface area contributed by atoms with Gasteiger partial charge in [-0.05, 0) is 49.7 Å². The number of halogens is 1. The van der Waals surface area contributed by atoms with Crippen LogP contribution in [0.15, 0.2) is 35.4 Å². The second-order valence-electron chi connectivity index (χ2n) is 7.28. The van der Waals surface area contributed by atoms with Crippen molar-refractivity contribution in [2.45, 2.75) is 37.5 Å². The largest absolute Gasteiger partial charge is 0.465 e. The Morgan fingerprint density at radius 3 is 2.67 bits per heavy atom. The lowest BCUT2D eigenvalue weighted by atomic mass is 9.85. The predicted molar refractivity (Wildman–Crippen MR) is 103 cm³/mol. The molecule has 1 aliphatic carbocycles. The summed E-state index contributed by atoms with van der Waals surface area (Å²) in [6.07, 6.45) is 8.64. The van der Waals surface area contributed by atoms with Crippen molar-refractivity contribution in [1.29, 1.82) is 0 Å². The highest BCUT2D eigenvalue weighted by atomic mass is 35.5. The van der Waals surface area contributed by atoms with Crippen molar-refractivity contribution in [2.75, 3.05) is 19.7 Å². The topological polar surface area (TPSA) is 76.6 Å². The summed E-state index contributed by atoms with van der Waals surface area (Å²) in [5, 5.41) is -0.0327. The Morgan fingerprint density at radius 1 is 1.30 bits per heavy atom. The van der Waals surface area contributed by atoms with Gasteiger partial charge in [-0.15, -0.1) is 0 Å². The molecule has 0 amide bonds. The summed E-state index contributed by atoms with van der Waals surface area (Å²) in [6, 6.07) is 3.00. The third kappa shape index (κ3) is 4.70. The van der Waals surface area contributed by atoms with E-state index in [0.29, 0.717) is 31.3 Å². The zero-order chi connectivity index (χ0) is 19.4. The molecule has 1 aromatic rings. The summed E-state index contributed by atoms with van der Waals surface area (Å²) in [4.78, 5) is 16.2. The first-order valence-electron chi connectivity index (χ1n) is 9.32. The number of aromatic nitrogens is 1. The molecule has 6 nitrogen and oxygen atoms in total. The minimum absolute atomic E-state index is 0.00651. The average Bonchev–Trinajstić information content (AvgIpc) is 2.67. The number of hydrogen-bond donors (Lipinski definition) is 0. The molecule has 1 saturated heterocycles. The number of allylic oxidation sites excluding steroid dienone is 2. The normalized spacial score (nSPS) is 24.7. The zero-order valence-electron chi connectivity index (χ0n) is 15.4. The van der Waals surface area contributed by atoms with E-state index >= 15 is 0 Å². The Hall–Kier alpha value is -1.44. The molecule has 1 fully saturated rings. The highest BCUT2D eigenvalue weighted by molar-refractivity contribution is 7.89. The summed E-state index contributed by atoms with van der Waals surface area (Å²) in [5.41, 5.74) is 0. The molecule has 2 heterocycles. The number of rotatable bonds is 5. The summed E-state index contributed by atoms with van der Waals surface area (Å²) < 4.78 is 32.4. The van der Waals surface area contributed by atoms with Gasteiger partial charge in [-0.25, -0.2) is 13.4 Å². The van der Waals surface area contributed by atoms with Gasteiger partial charge in [0.1, 0.15) is 10.0 Å². The second kappa shape index (κ2) is 8.71. The van der Waals surface area contributed by atoms with Crippen LogP contribution in [0.2, 0.25) is 5.15 Å². The highest BCUT2D eigenvalue weighted by Gasteiger charge is 2.34. The molecular weight excluding hydrogens is 388 g/mol. The van der Waals surface area contributed by atoms with Crippen molar-refractivity contribution in [3.63, 3.8) is 0 Å². The number of piperidine rings is 1. The monoisotopic (exact) mass is 412 g/mol. The van der Waals surface area contributed by atoms with Gasteiger partial charge in [0.25, 0.3) is 0 Å². The fourth-order valence-corrected chi connectivity index (χ4v) is 5.48. The number of esters is 1. The molecule has 0 unspecified atom stereocenters. The molecule has 0 bridgehead atoms. The number of carbonyl (C=O) groups excluding carboxylic acids is 1. The third-order valence-electron chi connectivity index (χ3n) is 5.49. The van der Waals surface area contributed by atoms with E-state index in [9.17, 15) is 13.2 Å². The number of pyridine rings is 1. The highest BCUT2D eigenvalue weighted by Crippen LogP contribution is 2.29. The van der Waals surface area contributed by atoms with Crippen LogP contribution in [0.4, 0.5) is 0 Å². The van der Waals surface area contributed by atoms with Gasteiger partial charge in [-0.1, -0.05) is 30.7 Å². The van der Waals surface area contributed by atoms with Crippen molar-refractivity contribution < 1.29 is 17.9 Å². The molecule has 3 rings (SSSR count). The van der Waals surface area contributed by atoms with Crippen molar-refractivity contribution in [1.82, 2.24) is 9.29 Å². The van der Waals surface area contributed by atoms with Crippen LogP contribution in [0.25, 0.3) is 0 Å². The SMILES string of the molecule is C[C@@H]1CC=CC[C@@H]1COC(=O)C1CCN(S(=O)(=O)c2cccnc2Cl)CC1. The van der Waals surface area contributed by atoms with E-state index in [2.05, 4.69) is 24.1 Å². The Bertz CT molecular complexity index is 804. The number of hydrogen-bond acceptors (Lipinski definition) is 5. The van der Waals surface area contributed by atoms with Gasteiger partial charge >= 0.3 is 5.97 Å². The standard InChI is InChI=1S/C19H25ClN2O4S/c1-14-5-2-3-6-16(14)13-26-19(23)15-8-11-22(12-9-15)27(24,25)17-7-4-10-21-18(17)20/h2-4,7,10,14-16H,5-6,8-9,11-13H2,1H3/t14-,16-/m1/s1. The molecule has 0 N–H and O–H groups in total. The van der Waals surface area contributed by atoms with Crippen LogP contribution in [0.5, 0.6) is 0 Å². The summed E-state index contributed by atoms with van der Waals surface area (Å²) in [6.45, 7) is 3.16. The molecule has 0 spiro atoms. The average molecular weight is 413 g/mol. The van der Waals surface area contributed by atoms with Crippen LogP contribution in [0.3, 0.4) is 0 Å². The Balaban J connectivity index is 1.53. The van der Waals surface area contributed by atoms with E-state index in [-0.39, 0.29) is 35.0 Å². The maximum absolute atomic E-state index is 12.7. The van der Waals surface area contributed by atoms with Crippen LogP contribution in [0, 0.1) is 17.8 Å². The first-order chi connectivity index (χ1) is 12.9. The number of sulfonamides is 1. The van der Waals surface area contributed by atoms with Crippen LogP contribution >= 0.6 is 11.6 Å². The Labute approximate surface area is 165 Å². The lowest BCUT2D eigenvalue weighted by Gasteiger charge is -2.31. The van der Waals surface area contributed by atoms with Crippen LogP contribution in [-0.2, 0) is 19.6 Å². The van der Waals surface area contributed by atoms with Crippen LogP contribution < -0.4 is 0 Å². The first-order valence-corrected chi connectivity index (χ1v) is 11.1. The van der Waals surface area contributed by atoms with Crippen molar-refractivity contribution in [2.24, 2.45) is 17.8 Å². The van der Waals surface area contributed by atoms with Gasteiger partial charge < -0.3 is 4.74 Å². The van der Waals surface area contributed by atoms with E-state index in [4.69, 9.17) is 16.3 Å². The summed E-state index contributed by atoms with van der Waals surface area (Å²) in [7, 11) is -3.70. The van der Waals surface area contributed by atoms with Crippen molar-refractivity contribution in [3.05, 3.63) is 35.6 Å². The molecule has 8 heteroatoms. The summed E-state index contributed by atoms with van der Waals surface area (Å²) in [5.74, 6) is 0.412. The molecule has 27 heavy (non-hydrogen) atoms. The minimum Gasteiger partial charge on any atom is -0.465 e. The summed E-state index contributed by atoms with van der Waals surface area (Å²) >= 11 is 5.94. The lowest BCUT2D eigenvalue weighted by Crippen LogP contribution is -2.41. The minimum atomic E-state index is -3.70. The molecule has 0 saturated carbocycles. The molecule has 2 aliphatic rings.